The van der Waals surface area contributed by atoms with E-state index in [4.69, 9.17) is 0 Å². The number of rotatable bonds is 4. The van der Waals surface area contributed by atoms with Crippen molar-refractivity contribution in [3.8, 4) is 0 Å². The van der Waals surface area contributed by atoms with Crippen LogP contribution in [0.1, 0.15) is 18.9 Å². The molecule has 3 heteroatoms. The van der Waals surface area contributed by atoms with Gasteiger partial charge in [-0.05, 0) is 24.6 Å². The second-order valence-corrected chi connectivity index (χ2v) is 4.36. The summed E-state index contributed by atoms with van der Waals surface area (Å²) in [5, 5.41) is 9.31. The molecule has 1 unspecified atom stereocenters. The van der Waals surface area contributed by atoms with E-state index in [0.717, 1.165) is 18.0 Å². The monoisotopic (exact) mass is 196 g/mol. The Hall–Kier alpha value is -0.673. The average molecular weight is 196 g/mol. The zero-order chi connectivity index (χ0) is 9.68. The first-order chi connectivity index (χ1) is 6.22. The molecule has 70 valence electrons. The fourth-order valence-corrected chi connectivity index (χ4v) is 1.98. The van der Waals surface area contributed by atoms with Gasteiger partial charge >= 0.3 is 0 Å². The molecule has 0 saturated heterocycles. The minimum Gasteiger partial charge on any atom is -0.397 e. The quantitative estimate of drug-likeness (QED) is 0.728. The minimum atomic E-state index is -0.205. The smallest absolute Gasteiger partial charge is 0.123 e. The molecule has 1 rings (SSSR count). The third-order valence-electron chi connectivity index (χ3n) is 1.84. The maximum atomic E-state index is 12.5. The molecule has 1 atom stereocenters. The number of hydrogen-bond donors (Lipinski definition) is 1. The summed E-state index contributed by atoms with van der Waals surface area (Å²) in [5.74, 6) is -0.205. The Bertz CT molecular complexity index is 248. The van der Waals surface area contributed by atoms with Crippen LogP contribution in [0.15, 0.2) is 24.3 Å². The molecule has 0 fully saturated rings. The van der Waals surface area contributed by atoms with Gasteiger partial charge in [-0.3, -0.25) is 0 Å². The van der Waals surface area contributed by atoms with Gasteiger partial charge in [0.05, 0.1) is 9.52 Å². The van der Waals surface area contributed by atoms with E-state index in [2.05, 4.69) is 0 Å². The van der Waals surface area contributed by atoms with Crippen LogP contribution in [0.25, 0.3) is 0 Å². The van der Waals surface area contributed by atoms with Crippen molar-refractivity contribution in [2.45, 2.75) is 25.1 Å². The lowest BCUT2D eigenvalue weighted by Gasteiger charge is -2.05. The van der Waals surface area contributed by atoms with Crippen LogP contribution in [-0.2, 0) is 6.04 Å². The van der Waals surface area contributed by atoms with E-state index in [-0.39, 0.29) is 11.5 Å². The van der Waals surface area contributed by atoms with Crippen molar-refractivity contribution in [1.29, 1.82) is 0 Å². The first-order valence-corrected chi connectivity index (χ1v) is 5.66. The molecular formula is C10H13FOSi. The van der Waals surface area contributed by atoms with Crippen molar-refractivity contribution in [3.63, 3.8) is 0 Å². The molecule has 0 aromatic heterocycles. The number of hydrogen-bond acceptors (Lipinski definition) is 1. The Labute approximate surface area is 80.4 Å². The van der Waals surface area contributed by atoms with E-state index in [0.29, 0.717) is 9.52 Å². The maximum absolute atomic E-state index is 12.5. The Morgan fingerprint density at radius 3 is 2.54 bits per heavy atom. The van der Waals surface area contributed by atoms with Crippen LogP contribution in [0.3, 0.4) is 0 Å². The van der Waals surface area contributed by atoms with Gasteiger partial charge in [0.2, 0.25) is 0 Å². The van der Waals surface area contributed by atoms with E-state index in [9.17, 15) is 9.50 Å². The molecule has 0 amide bonds. The zero-order valence-electron chi connectivity index (χ0n) is 7.63. The summed E-state index contributed by atoms with van der Waals surface area (Å²) >= 11 is 0. The van der Waals surface area contributed by atoms with Crippen molar-refractivity contribution in [2.75, 3.05) is 0 Å². The Morgan fingerprint density at radius 1 is 1.38 bits per heavy atom. The van der Waals surface area contributed by atoms with Gasteiger partial charge in [-0.15, -0.1) is 0 Å². The molecule has 1 N–H and O–H groups in total. The van der Waals surface area contributed by atoms with Gasteiger partial charge in [0.25, 0.3) is 0 Å². The predicted octanol–water partition coefficient (Wildman–Crippen LogP) is 1.76. The lowest BCUT2D eigenvalue weighted by Crippen LogP contribution is -2.17. The highest BCUT2D eigenvalue weighted by atomic mass is 28.2. The molecule has 0 aliphatic rings. The van der Waals surface area contributed by atoms with Crippen molar-refractivity contribution >= 4 is 9.52 Å². The van der Waals surface area contributed by atoms with Crippen molar-refractivity contribution < 1.29 is 9.50 Å². The molecule has 13 heavy (non-hydrogen) atoms. The van der Waals surface area contributed by atoms with Gasteiger partial charge < -0.3 is 5.11 Å². The third kappa shape index (κ3) is 3.70. The summed E-state index contributed by atoms with van der Waals surface area (Å²) < 4.78 is 12.5. The van der Waals surface area contributed by atoms with Crippen LogP contribution in [-0.4, -0.2) is 20.4 Å². The van der Waals surface area contributed by atoms with Crippen LogP contribution < -0.4 is 0 Å². The fraction of sp³-hybridized carbons (Fsp3) is 0.400. The Morgan fingerprint density at radius 2 is 2.00 bits per heavy atom. The highest BCUT2D eigenvalue weighted by molar-refractivity contribution is 6.36. The molecule has 0 heterocycles. The summed E-state index contributed by atoms with van der Waals surface area (Å²) in [6.45, 7) is 1.96. The molecule has 0 aliphatic carbocycles. The summed E-state index contributed by atoms with van der Waals surface area (Å²) in [7, 11) is 0.513. The second-order valence-electron chi connectivity index (χ2n) is 2.93. The molecule has 1 aromatic carbocycles. The summed E-state index contributed by atoms with van der Waals surface area (Å²) in [5.41, 5.74) is 0.886. The fourth-order valence-electron chi connectivity index (χ4n) is 0.982. The van der Waals surface area contributed by atoms with E-state index < -0.39 is 0 Å². The van der Waals surface area contributed by atoms with E-state index in [1.165, 1.54) is 12.1 Å². The van der Waals surface area contributed by atoms with E-state index in [1.54, 1.807) is 12.1 Å². The van der Waals surface area contributed by atoms with Gasteiger partial charge in [0.1, 0.15) is 5.82 Å². The number of benzene rings is 1. The van der Waals surface area contributed by atoms with E-state index >= 15 is 0 Å². The number of aliphatic hydroxyl groups is 1. The summed E-state index contributed by atoms with van der Waals surface area (Å²) in [6.07, 6.45) is 0.791. The molecular weight excluding hydrogens is 183 g/mol. The lowest BCUT2D eigenvalue weighted by atomic mass is 10.2. The second kappa shape index (κ2) is 5.14. The van der Waals surface area contributed by atoms with Crippen LogP contribution in [0.4, 0.5) is 4.39 Å². The van der Waals surface area contributed by atoms with Gasteiger partial charge in [0, 0.05) is 5.73 Å². The molecule has 1 aromatic rings. The van der Waals surface area contributed by atoms with Gasteiger partial charge in [0.15, 0.2) is 0 Å². The van der Waals surface area contributed by atoms with Gasteiger partial charge in [-0.1, -0.05) is 24.6 Å². The molecule has 2 radical (unpaired) electrons. The lowest BCUT2D eigenvalue weighted by molar-refractivity contribution is 0.247. The number of aliphatic hydroxyl groups excluding tert-OH is 1. The van der Waals surface area contributed by atoms with Crippen molar-refractivity contribution in [1.82, 2.24) is 0 Å². The third-order valence-corrected chi connectivity index (χ3v) is 3.33. The Balaban J connectivity index is 2.41. The van der Waals surface area contributed by atoms with Crippen molar-refractivity contribution in [3.05, 3.63) is 35.6 Å². The molecule has 0 saturated carbocycles. The predicted molar refractivity (Wildman–Crippen MR) is 52.2 cm³/mol. The topological polar surface area (TPSA) is 20.2 Å². The van der Waals surface area contributed by atoms with Crippen molar-refractivity contribution in [2.24, 2.45) is 0 Å². The highest BCUT2D eigenvalue weighted by Gasteiger charge is 2.02. The first kappa shape index (κ1) is 10.4. The molecule has 0 aliphatic heterocycles. The molecule has 1 nitrogen and oxygen atoms in total. The maximum Gasteiger partial charge on any atom is 0.123 e. The number of halogens is 1. The molecule has 0 spiro atoms. The SMILES string of the molecule is CCC(O)[Si]Cc1ccc(F)cc1. The standard InChI is InChI=1S/C10H13FOSi/c1-2-10(12)13-7-8-3-5-9(11)6-4-8/h3-6,10,12H,2,7H2,1H3. The van der Waals surface area contributed by atoms with E-state index in [1.807, 2.05) is 6.92 Å². The summed E-state index contributed by atoms with van der Waals surface area (Å²) in [6, 6.07) is 7.29. The van der Waals surface area contributed by atoms with Gasteiger partial charge in [-0.25, -0.2) is 4.39 Å². The highest BCUT2D eigenvalue weighted by Crippen LogP contribution is 2.03. The largest absolute Gasteiger partial charge is 0.397 e. The minimum absolute atomic E-state index is 0.204. The van der Waals surface area contributed by atoms with Crippen LogP contribution >= 0.6 is 0 Å². The first-order valence-electron chi connectivity index (χ1n) is 4.38. The van der Waals surface area contributed by atoms with Crippen LogP contribution in [0, 0.1) is 5.82 Å². The van der Waals surface area contributed by atoms with Crippen LogP contribution in [0.5, 0.6) is 0 Å². The zero-order valence-corrected chi connectivity index (χ0v) is 8.63. The van der Waals surface area contributed by atoms with Crippen LogP contribution in [0.2, 0.25) is 0 Å². The molecule has 0 bridgehead atoms. The average Bonchev–Trinajstić information content (AvgIpc) is 2.16. The summed E-state index contributed by atoms with van der Waals surface area (Å²) in [4.78, 5) is 0. The normalized spacial score (nSPS) is 12.8. The Kier molecular flexibility index (Phi) is 4.12. The van der Waals surface area contributed by atoms with Gasteiger partial charge in [-0.2, -0.15) is 0 Å².